The van der Waals surface area contributed by atoms with Crippen LogP contribution in [0.1, 0.15) is 0 Å². The minimum absolute atomic E-state index is 0.0670. The number of carbonyl (C=O) groups is 1. The molecule has 4 nitrogen and oxygen atoms in total. The van der Waals surface area contributed by atoms with Crippen LogP contribution < -0.4 is 10.6 Å². The number of methoxy groups -OCH3 is 1. The van der Waals surface area contributed by atoms with Crippen molar-refractivity contribution in [2.45, 2.75) is 4.90 Å². The summed E-state index contributed by atoms with van der Waals surface area (Å²) in [7, 11) is 1.67. The SMILES string of the molecule is COCCNCCNC(=O)CSc1ccccc1. The van der Waals surface area contributed by atoms with E-state index in [9.17, 15) is 4.79 Å². The largest absolute Gasteiger partial charge is 0.383 e. The lowest BCUT2D eigenvalue weighted by molar-refractivity contribution is -0.118. The van der Waals surface area contributed by atoms with Crippen LogP contribution in [-0.4, -0.2) is 45.0 Å². The van der Waals surface area contributed by atoms with Gasteiger partial charge in [-0.05, 0) is 12.1 Å². The second kappa shape index (κ2) is 9.94. The molecule has 0 unspecified atom stereocenters. The average Bonchev–Trinajstić information content (AvgIpc) is 2.41. The van der Waals surface area contributed by atoms with Crippen LogP contribution in [0.25, 0.3) is 0 Å². The van der Waals surface area contributed by atoms with Gasteiger partial charge in [0.15, 0.2) is 0 Å². The number of thioether (sulfide) groups is 1. The van der Waals surface area contributed by atoms with Gasteiger partial charge in [0.25, 0.3) is 0 Å². The van der Waals surface area contributed by atoms with Crippen LogP contribution in [0.2, 0.25) is 0 Å². The van der Waals surface area contributed by atoms with Gasteiger partial charge >= 0.3 is 0 Å². The van der Waals surface area contributed by atoms with Crippen LogP contribution >= 0.6 is 11.8 Å². The first-order chi connectivity index (χ1) is 8.83. The number of rotatable bonds is 9. The molecule has 2 N–H and O–H groups in total. The van der Waals surface area contributed by atoms with Gasteiger partial charge in [0.1, 0.15) is 0 Å². The zero-order valence-corrected chi connectivity index (χ0v) is 11.5. The minimum Gasteiger partial charge on any atom is -0.383 e. The molecule has 0 fully saturated rings. The average molecular weight is 268 g/mol. The van der Waals surface area contributed by atoms with Crippen LogP contribution in [0.15, 0.2) is 35.2 Å². The van der Waals surface area contributed by atoms with E-state index in [0.29, 0.717) is 18.9 Å². The Balaban J connectivity index is 2.01. The standard InChI is InChI=1S/C13H20N2O2S/c1-17-10-9-14-7-8-15-13(16)11-18-12-5-3-2-4-6-12/h2-6,14H,7-11H2,1H3,(H,15,16). The third-order valence-corrected chi connectivity index (χ3v) is 3.23. The molecule has 0 aliphatic heterocycles. The summed E-state index contributed by atoms with van der Waals surface area (Å²) in [4.78, 5) is 12.6. The molecule has 0 aliphatic rings. The third-order valence-electron chi connectivity index (χ3n) is 2.22. The lowest BCUT2D eigenvalue weighted by Crippen LogP contribution is -2.33. The molecule has 0 heterocycles. The highest BCUT2D eigenvalue weighted by atomic mass is 32.2. The van der Waals surface area contributed by atoms with Crippen molar-refractivity contribution in [3.63, 3.8) is 0 Å². The zero-order chi connectivity index (χ0) is 13.1. The monoisotopic (exact) mass is 268 g/mol. The quantitative estimate of drug-likeness (QED) is 0.521. The molecule has 0 atom stereocenters. The molecule has 0 saturated heterocycles. The van der Waals surface area contributed by atoms with Crippen molar-refractivity contribution in [2.75, 3.05) is 39.1 Å². The molecule has 1 aromatic rings. The lowest BCUT2D eigenvalue weighted by Gasteiger charge is -2.06. The molecule has 0 aliphatic carbocycles. The Labute approximate surface area is 112 Å². The summed E-state index contributed by atoms with van der Waals surface area (Å²) in [6, 6.07) is 9.92. The van der Waals surface area contributed by atoms with E-state index in [1.807, 2.05) is 30.3 Å². The molecule has 0 spiro atoms. The summed E-state index contributed by atoms with van der Waals surface area (Å²) < 4.78 is 4.90. The fourth-order valence-electron chi connectivity index (χ4n) is 1.31. The van der Waals surface area contributed by atoms with Crippen molar-refractivity contribution in [2.24, 2.45) is 0 Å². The summed E-state index contributed by atoms with van der Waals surface area (Å²) >= 11 is 1.55. The number of amides is 1. The molecular formula is C13H20N2O2S. The Bertz CT molecular complexity index is 333. The lowest BCUT2D eigenvalue weighted by atomic mass is 10.4. The van der Waals surface area contributed by atoms with Gasteiger partial charge in [0, 0.05) is 31.6 Å². The Hall–Kier alpha value is -1.04. The van der Waals surface area contributed by atoms with Crippen molar-refractivity contribution in [3.05, 3.63) is 30.3 Å². The fraction of sp³-hybridized carbons (Fsp3) is 0.462. The van der Waals surface area contributed by atoms with E-state index in [1.54, 1.807) is 18.9 Å². The van der Waals surface area contributed by atoms with Gasteiger partial charge in [-0.15, -0.1) is 11.8 Å². The Morgan fingerprint density at radius 2 is 2.00 bits per heavy atom. The van der Waals surface area contributed by atoms with Gasteiger partial charge in [0.05, 0.1) is 12.4 Å². The molecule has 0 aromatic heterocycles. The van der Waals surface area contributed by atoms with E-state index in [0.717, 1.165) is 18.0 Å². The first kappa shape index (κ1) is 15.0. The van der Waals surface area contributed by atoms with Gasteiger partial charge < -0.3 is 15.4 Å². The topological polar surface area (TPSA) is 50.4 Å². The Kier molecular flexibility index (Phi) is 8.29. The van der Waals surface area contributed by atoms with Crippen molar-refractivity contribution >= 4 is 17.7 Å². The second-order valence-electron chi connectivity index (χ2n) is 3.69. The van der Waals surface area contributed by atoms with Crippen LogP contribution in [0.4, 0.5) is 0 Å². The maximum atomic E-state index is 11.5. The number of ether oxygens (including phenoxy) is 1. The van der Waals surface area contributed by atoms with Crippen molar-refractivity contribution in [1.82, 2.24) is 10.6 Å². The first-order valence-corrected chi connectivity index (χ1v) is 6.95. The smallest absolute Gasteiger partial charge is 0.230 e. The van der Waals surface area contributed by atoms with E-state index in [4.69, 9.17) is 4.74 Å². The Morgan fingerprint density at radius 1 is 1.22 bits per heavy atom. The summed E-state index contributed by atoms with van der Waals surface area (Å²) in [5.41, 5.74) is 0. The zero-order valence-electron chi connectivity index (χ0n) is 10.6. The van der Waals surface area contributed by atoms with Gasteiger partial charge in [0.2, 0.25) is 5.91 Å². The maximum absolute atomic E-state index is 11.5. The molecule has 0 bridgehead atoms. The highest BCUT2D eigenvalue weighted by Gasteiger charge is 2.01. The summed E-state index contributed by atoms with van der Waals surface area (Å²) in [6.45, 7) is 2.92. The molecule has 100 valence electrons. The van der Waals surface area contributed by atoms with Crippen LogP contribution in [0, 0.1) is 0 Å². The van der Waals surface area contributed by atoms with E-state index in [1.165, 1.54) is 0 Å². The third kappa shape index (κ3) is 7.32. The van der Waals surface area contributed by atoms with Gasteiger partial charge in [-0.25, -0.2) is 0 Å². The number of benzene rings is 1. The number of hydrogen-bond donors (Lipinski definition) is 2. The molecule has 5 heteroatoms. The van der Waals surface area contributed by atoms with E-state index >= 15 is 0 Å². The minimum atomic E-state index is 0.0670. The van der Waals surface area contributed by atoms with Crippen molar-refractivity contribution in [3.8, 4) is 0 Å². The second-order valence-corrected chi connectivity index (χ2v) is 4.74. The first-order valence-electron chi connectivity index (χ1n) is 5.97. The van der Waals surface area contributed by atoms with Gasteiger partial charge in [-0.3, -0.25) is 4.79 Å². The molecular weight excluding hydrogens is 248 g/mol. The number of carbonyl (C=O) groups excluding carboxylic acids is 1. The number of nitrogens with one attached hydrogen (secondary N) is 2. The van der Waals surface area contributed by atoms with Crippen molar-refractivity contribution in [1.29, 1.82) is 0 Å². The molecule has 1 rings (SSSR count). The predicted molar refractivity (Wildman–Crippen MR) is 74.9 cm³/mol. The van der Waals surface area contributed by atoms with E-state index in [2.05, 4.69) is 10.6 Å². The van der Waals surface area contributed by atoms with Crippen molar-refractivity contribution < 1.29 is 9.53 Å². The van der Waals surface area contributed by atoms with Crippen LogP contribution in [0.5, 0.6) is 0 Å². The normalized spacial score (nSPS) is 10.3. The molecule has 1 amide bonds. The maximum Gasteiger partial charge on any atom is 0.230 e. The molecule has 0 radical (unpaired) electrons. The highest BCUT2D eigenvalue weighted by molar-refractivity contribution is 8.00. The summed E-state index contributed by atoms with van der Waals surface area (Å²) in [6.07, 6.45) is 0. The molecule has 1 aromatic carbocycles. The van der Waals surface area contributed by atoms with Crippen LogP contribution in [0.3, 0.4) is 0 Å². The van der Waals surface area contributed by atoms with Gasteiger partial charge in [-0.2, -0.15) is 0 Å². The highest BCUT2D eigenvalue weighted by Crippen LogP contribution is 2.15. The summed E-state index contributed by atoms with van der Waals surface area (Å²) in [5.74, 6) is 0.527. The Morgan fingerprint density at radius 3 is 2.72 bits per heavy atom. The molecule has 0 saturated carbocycles. The van der Waals surface area contributed by atoms with E-state index in [-0.39, 0.29) is 5.91 Å². The molecule has 18 heavy (non-hydrogen) atoms. The predicted octanol–water partition coefficient (Wildman–Crippen LogP) is 1.13. The summed E-state index contributed by atoms with van der Waals surface area (Å²) in [5, 5.41) is 6.04. The number of hydrogen-bond acceptors (Lipinski definition) is 4. The fourth-order valence-corrected chi connectivity index (χ4v) is 2.06. The van der Waals surface area contributed by atoms with Gasteiger partial charge in [-0.1, -0.05) is 18.2 Å². The van der Waals surface area contributed by atoms with Crippen LogP contribution in [-0.2, 0) is 9.53 Å². The van der Waals surface area contributed by atoms with E-state index < -0.39 is 0 Å².